The fourth-order valence-corrected chi connectivity index (χ4v) is 1.99. The zero-order valence-electron chi connectivity index (χ0n) is 12.1. The summed E-state index contributed by atoms with van der Waals surface area (Å²) < 4.78 is 5.34. The molecule has 21 heavy (non-hydrogen) atoms. The molecule has 0 aliphatic carbocycles. The van der Waals surface area contributed by atoms with Crippen LogP contribution >= 0.6 is 0 Å². The number of carbonyl (C=O) groups excluding carboxylic acids is 1. The summed E-state index contributed by atoms with van der Waals surface area (Å²) in [5, 5.41) is 10.8. The lowest BCUT2D eigenvalue weighted by Gasteiger charge is -2.10. The Morgan fingerprint density at radius 1 is 1.29 bits per heavy atom. The molecular weight excluding hydrogens is 268 g/mol. The predicted molar refractivity (Wildman–Crippen MR) is 80.5 cm³/mol. The van der Waals surface area contributed by atoms with E-state index in [0.717, 1.165) is 17.7 Å². The Bertz CT molecular complexity index is 626. The Labute approximate surface area is 123 Å². The second-order valence-electron chi connectivity index (χ2n) is 4.66. The number of hydrogen-bond donors (Lipinski definition) is 2. The van der Waals surface area contributed by atoms with Crippen LogP contribution < -0.4 is 15.8 Å². The maximum atomic E-state index is 10.9. The topological polar surface area (TPSA) is 90.1 Å². The fourth-order valence-electron chi connectivity index (χ4n) is 1.99. The van der Waals surface area contributed by atoms with Gasteiger partial charge in [0.1, 0.15) is 11.6 Å². The Balaban J connectivity index is 1.95. The highest BCUT2D eigenvalue weighted by molar-refractivity contribution is 5.90. The number of ether oxygens (including phenoxy) is 1. The molecule has 0 aliphatic heterocycles. The molecule has 3 N–H and O–H groups in total. The van der Waals surface area contributed by atoms with Crippen molar-refractivity contribution in [1.29, 1.82) is 0 Å². The van der Waals surface area contributed by atoms with E-state index in [1.54, 1.807) is 19.2 Å². The van der Waals surface area contributed by atoms with E-state index in [1.807, 2.05) is 19.1 Å². The number of hydrogen-bond acceptors (Lipinski definition) is 5. The van der Waals surface area contributed by atoms with Crippen molar-refractivity contribution in [2.75, 3.05) is 19.0 Å². The third-order valence-electron chi connectivity index (χ3n) is 3.05. The minimum Gasteiger partial charge on any atom is -0.496 e. The first-order valence-corrected chi connectivity index (χ1v) is 6.61. The van der Waals surface area contributed by atoms with E-state index in [-0.39, 0.29) is 5.69 Å². The van der Waals surface area contributed by atoms with Gasteiger partial charge in [-0.2, -0.15) is 0 Å². The van der Waals surface area contributed by atoms with E-state index in [4.69, 9.17) is 10.5 Å². The molecule has 1 amide bonds. The van der Waals surface area contributed by atoms with Gasteiger partial charge in [-0.3, -0.25) is 4.79 Å². The molecule has 0 saturated carbocycles. The van der Waals surface area contributed by atoms with Crippen molar-refractivity contribution >= 4 is 11.7 Å². The number of carbonyl (C=O) groups is 1. The normalized spacial score (nSPS) is 10.2. The summed E-state index contributed by atoms with van der Waals surface area (Å²) in [5.41, 5.74) is 7.59. The van der Waals surface area contributed by atoms with Gasteiger partial charge in [-0.25, -0.2) is 0 Å². The average Bonchev–Trinajstić information content (AvgIpc) is 2.48. The van der Waals surface area contributed by atoms with Crippen LogP contribution in [0.5, 0.6) is 5.75 Å². The van der Waals surface area contributed by atoms with Gasteiger partial charge < -0.3 is 15.8 Å². The first-order valence-electron chi connectivity index (χ1n) is 6.61. The fraction of sp³-hybridized carbons (Fsp3) is 0.267. The summed E-state index contributed by atoms with van der Waals surface area (Å²) in [6.45, 7) is 2.73. The molecule has 1 heterocycles. The Kier molecular flexibility index (Phi) is 4.71. The SMILES string of the molecule is COc1ccc(C)cc1CCNc1ccc(C(N)=O)nn1. The highest BCUT2D eigenvalue weighted by atomic mass is 16.5. The molecule has 1 aromatic carbocycles. The summed E-state index contributed by atoms with van der Waals surface area (Å²) in [7, 11) is 1.66. The van der Waals surface area contributed by atoms with E-state index >= 15 is 0 Å². The minimum atomic E-state index is -0.585. The zero-order valence-corrected chi connectivity index (χ0v) is 12.1. The predicted octanol–water partition coefficient (Wildman–Crippen LogP) is 1.55. The summed E-state index contributed by atoms with van der Waals surface area (Å²) in [4.78, 5) is 10.9. The number of nitrogens with two attached hydrogens (primary N) is 1. The molecular formula is C15H18N4O2. The number of methoxy groups -OCH3 is 1. The Hall–Kier alpha value is -2.63. The summed E-state index contributed by atoms with van der Waals surface area (Å²) in [5.74, 6) is 0.891. The van der Waals surface area contributed by atoms with E-state index in [9.17, 15) is 4.79 Å². The molecule has 0 saturated heterocycles. The zero-order chi connectivity index (χ0) is 15.2. The molecule has 0 bridgehead atoms. The summed E-state index contributed by atoms with van der Waals surface area (Å²) >= 11 is 0. The minimum absolute atomic E-state index is 0.154. The van der Waals surface area contributed by atoms with Crippen molar-refractivity contribution in [3.05, 3.63) is 47.2 Å². The molecule has 2 aromatic rings. The largest absolute Gasteiger partial charge is 0.496 e. The van der Waals surface area contributed by atoms with Crippen LogP contribution in [0.2, 0.25) is 0 Å². The second-order valence-corrected chi connectivity index (χ2v) is 4.66. The van der Waals surface area contributed by atoms with Crippen LogP contribution in [-0.2, 0) is 6.42 Å². The number of aryl methyl sites for hydroxylation is 1. The lowest BCUT2D eigenvalue weighted by atomic mass is 10.1. The van der Waals surface area contributed by atoms with Crippen LogP contribution in [0.15, 0.2) is 30.3 Å². The Morgan fingerprint density at radius 3 is 2.71 bits per heavy atom. The molecule has 6 heteroatoms. The maximum absolute atomic E-state index is 10.9. The molecule has 6 nitrogen and oxygen atoms in total. The molecule has 0 fully saturated rings. The van der Waals surface area contributed by atoms with Gasteiger partial charge in [0.2, 0.25) is 0 Å². The quantitative estimate of drug-likeness (QED) is 0.840. The monoisotopic (exact) mass is 286 g/mol. The number of anilines is 1. The van der Waals surface area contributed by atoms with Crippen molar-refractivity contribution < 1.29 is 9.53 Å². The molecule has 1 aromatic heterocycles. The van der Waals surface area contributed by atoms with Crippen molar-refractivity contribution in [3.8, 4) is 5.75 Å². The average molecular weight is 286 g/mol. The highest BCUT2D eigenvalue weighted by Gasteiger charge is 2.05. The van der Waals surface area contributed by atoms with Crippen LogP contribution in [0.4, 0.5) is 5.82 Å². The third kappa shape index (κ3) is 3.92. The number of amides is 1. The van der Waals surface area contributed by atoms with E-state index in [2.05, 4.69) is 21.6 Å². The smallest absolute Gasteiger partial charge is 0.269 e. The molecule has 2 rings (SSSR count). The van der Waals surface area contributed by atoms with Crippen LogP contribution in [0, 0.1) is 6.92 Å². The maximum Gasteiger partial charge on any atom is 0.269 e. The van der Waals surface area contributed by atoms with E-state index < -0.39 is 5.91 Å². The molecule has 0 aliphatic rings. The second kappa shape index (κ2) is 6.69. The summed E-state index contributed by atoms with van der Waals surface area (Å²) in [6.07, 6.45) is 0.796. The van der Waals surface area contributed by atoms with Crippen molar-refractivity contribution in [1.82, 2.24) is 10.2 Å². The van der Waals surface area contributed by atoms with Gasteiger partial charge in [0.05, 0.1) is 7.11 Å². The summed E-state index contributed by atoms with van der Waals surface area (Å²) in [6, 6.07) is 9.31. The van der Waals surface area contributed by atoms with E-state index in [1.165, 1.54) is 5.56 Å². The third-order valence-corrected chi connectivity index (χ3v) is 3.05. The highest BCUT2D eigenvalue weighted by Crippen LogP contribution is 2.20. The van der Waals surface area contributed by atoms with E-state index in [0.29, 0.717) is 12.4 Å². The van der Waals surface area contributed by atoms with Gasteiger partial charge in [0.25, 0.3) is 5.91 Å². The Morgan fingerprint density at radius 2 is 2.10 bits per heavy atom. The molecule has 0 atom stereocenters. The first kappa shape index (κ1) is 14.8. The van der Waals surface area contributed by atoms with Crippen LogP contribution in [0.25, 0.3) is 0 Å². The molecule has 0 spiro atoms. The number of benzene rings is 1. The molecule has 0 radical (unpaired) electrons. The van der Waals surface area contributed by atoms with Crippen molar-refractivity contribution in [3.63, 3.8) is 0 Å². The number of nitrogens with zero attached hydrogens (tertiary/aromatic N) is 2. The molecule has 0 unspecified atom stereocenters. The van der Waals surface area contributed by atoms with Crippen LogP contribution in [0.3, 0.4) is 0 Å². The van der Waals surface area contributed by atoms with Gasteiger partial charge in [0.15, 0.2) is 5.69 Å². The van der Waals surface area contributed by atoms with Gasteiger partial charge >= 0.3 is 0 Å². The lowest BCUT2D eigenvalue weighted by molar-refractivity contribution is 0.0994. The van der Waals surface area contributed by atoms with Gasteiger partial charge in [-0.15, -0.1) is 10.2 Å². The van der Waals surface area contributed by atoms with Crippen molar-refractivity contribution in [2.24, 2.45) is 5.73 Å². The van der Waals surface area contributed by atoms with Crippen molar-refractivity contribution in [2.45, 2.75) is 13.3 Å². The standard InChI is InChI=1S/C15H18N4O2/c1-10-3-5-13(21-2)11(9-10)7-8-17-14-6-4-12(15(16)20)18-19-14/h3-6,9H,7-8H2,1-2H3,(H2,16,20)(H,17,19). The number of primary amides is 1. The number of aromatic nitrogens is 2. The lowest BCUT2D eigenvalue weighted by Crippen LogP contribution is -2.14. The number of nitrogens with one attached hydrogen (secondary N) is 1. The van der Waals surface area contributed by atoms with Crippen LogP contribution in [0.1, 0.15) is 21.6 Å². The molecule has 110 valence electrons. The number of rotatable bonds is 6. The van der Waals surface area contributed by atoms with Gasteiger partial charge in [0, 0.05) is 6.54 Å². The van der Waals surface area contributed by atoms with Gasteiger partial charge in [-0.05, 0) is 37.1 Å². The van der Waals surface area contributed by atoms with Crippen LogP contribution in [-0.4, -0.2) is 29.8 Å². The first-order chi connectivity index (χ1) is 10.1. The van der Waals surface area contributed by atoms with Gasteiger partial charge in [-0.1, -0.05) is 17.7 Å².